The topological polar surface area (TPSA) is 29.1 Å². The van der Waals surface area contributed by atoms with E-state index in [0.717, 1.165) is 10.0 Å². The van der Waals surface area contributed by atoms with Gasteiger partial charge in [0.15, 0.2) is 5.78 Å². The molecule has 15 heavy (non-hydrogen) atoms. The molecule has 0 aromatic heterocycles. The number of Topliss-reactive ketones (excluding diaryl/α,β-unsaturated/α-hetero) is 1. The Morgan fingerprint density at radius 2 is 2.07 bits per heavy atom. The maximum absolute atomic E-state index is 11.5. The Morgan fingerprint density at radius 1 is 1.40 bits per heavy atom. The van der Waals surface area contributed by atoms with E-state index in [4.69, 9.17) is 0 Å². The van der Waals surface area contributed by atoms with Crippen LogP contribution in [0.4, 0.5) is 0 Å². The van der Waals surface area contributed by atoms with Crippen molar-refractivity contribution < 1.29 is 4.79 Å². The van der Waals surface area contributed by atoms with Gasteiger partial charge in [-0.1, -0.05) is 34.1 Å². The third-order valence-corrected chi connectivity index (χ3v) is 2.45. The first-order valence-electron chi connectivity index (χ1n) is 4.80. The van der Waals surface area contributed by atoms with Gasteiger partial charge in [-0.3, -0.25) is 4.79 Å². The van der Waals surface area contributed by atoms with Crippen molar-refractivity contribution in [3.8, 4) is 0 Å². The molecule has 3 heteroatoms. The minimum Gasteiger partial charge on any atom is -0.307 e. The first-order valence-corrected chi connectivity index (χ1v) is 5.59. The summed E-state index contributed by atoms with van der Waals surface area (Å²) >= 11 is 3.35. The van der Waals surface area contributed by atoms with E-state index >= 15 is 0 Å². The van der Waals surface area contributed by atoms with Crippen LogP contribution in [0, 0.1) is 0 Å². The Bertz CT molecular complexity index is 332. The minimum absolute atomic E-state index is 0.194. The number of hydrogen-bond donors (Lipinski definition) is 1. The van der Waals surface area contributed by atoms with Gasteiger partial charge < -0.3 is 5.32 Å². The van der Waals surface area contributed by atoms with Crippen LogP contribution < -0.4 is 5.32 Å². The molecule has 0 atom stereocenters. The predicted octanol–water partition coefficient (Wildman–Crippen LogP) is 2.34. The molecule has 0 spiro atoms. The SMILES string of the molecule is C=CCNCC(=O)Cc1ccc(Br)cc1. The number of nitrogens with one attached hydrogen (secondary N) is 1. The molecule has 0 bridgehead atoms. The maximum atomic E-state index is 11.5. The van der Waals surface area contributed by atoms with Gasteiger partial charge in [0.05, 0.1) is 6.54 Å². The van der Waals surface area contributed by atoms with Crippen molar-refractivity contribution in [1.29, 1.82) is 0 Å². The molecule has 0 radical (unpaired) electrons. The van der Waals surface area contributed by atoms with Gasteiger partial charge in [0, 0.05) is 17.4 Å². The molecule has 0 aliphatic heterocycles. The lowest BCUT2D eigenvalue weighted by atomic mass is 10.1. The highest BCUT2D eigenvalue weighted by atomic mass is 79.9. The second-order valence-electron chi connectivity index (χ2n) is 3.26. The van der Waals surface area contributed by atoms with Crippen molar-refractivity contribution in [2.75, 3.05) is 13.1 Å². The van der Waals surface area contributed by atoms with Crippen LogP contribution in [0.5, 0.6) is 0 Å². The summed E-state index contributed by atoms with van der Waals surface area (Å²) in [5.41, 5.74) is 1.05. The molecule has 1 rings (SSSR count). The van der Waals surface area contributed by atoms with Crippen LogP contribution in [-0.4, -0.2) is 18.9 Å². The van der Waals surface area contributed by atoms with Gasteiger partial charge in [0.2, 0.25) is 0 Å². The summed E-state index contributed by atoms with van der Waals surface area (Å²) < 4.78 is 1.03. The number of rotatable bonds is 6. The molecule has 1 aromatic rings. The van der Waals surface area contributed by atoms with Crippen LogP contribution in [0.3, 0.4) is 0 Å². The second-order valence-corrected chi connectivity index (χ2v) is 4.18. The van der Waals surface area contributed by atoms with Gasteiger partial charge in [0.1, 0.15) is 0 Å². The predicted molar refractivity (Wildman–Crippen MR) is 65.9 cm³/mol. The molecule has 0 amide bonds. The fraction of sp³-hybridized carbons (Fsp3) is 0.250. The monoisotopic (exact) mass is 267 g/mol. The van der Waals surface area contributed by atoms with Crippen molar-refractivity contribution in [3.63, 3.8) is 0 Å². The van der Waals surface area contributed by atoms with Crippen molar-refractivity contribution >= 4 is 21.7 Å². The molecular formula is C12H14BrNO. The zero-order valence-electron chi connectivity index (χ0n) is 8.50. The number of benzene rings is 1. The average Bonchev–Trinajstić information content (AvgIpc) is 2.22. The smallest absolute Gasteiger partial charge is 0.150 e. The number of carbonyl (C=O) groups is 1. The zero-order valence-corrected chi connectivity index (χ0v) is 10.1. The second kappa shape index (κ2) is 6.53. The number of halogens is 1. The minimum atomic E-state index is 0.194. The summed E-state index contributed by atoms with van der Waals surface area (Å²) in [7, 11) is 0. The van der Waals surface area contributed by atoms with Gasteiger partial charge in [-0.05, 0) is 17.7 Å². The lowest BCUT2D eigenvalue weighted by molar-refractivity contribution is -0.117. The molecule has 2 nitrogen and oxygen atoms in total. The fourth-order valence-electron chi connectivity index (χ4n) is 1.21. The largest absolute Gasteiger partial charge is 0.307 e. The van der Waals surface area contributed by atoms with Crippen molar-refractivity contribution in [1.82, 2.24) is 5.32 Å². The van der Waals surface area contributed by atoms with E-state index < -0.39 is 0 Å². The molecule has 0 aliphatic carbocycles. The van der Waals surface area contributed by atoms with Gasteiger partial charge in [-0.25, -0.2) is 0 Å². The van der Waals surface area contributed by atoms with Gasteiger partial charge in [0.25, 0.3) is 0 Å². The van der Waals surface area contributed by atoms with Crippen molar-refractivity contribution in [3.05, 3.63) is 47.0 Å². The summed E-state index contributed by atoms with van der Waals surface area (Å²) in [6, 6.07) is 7.80. The van der Waals surface area contributed by atoms with Crippen LogP contribution >= 0.6 is 15.9 Å². The lowest BCUT2D eigenvalue weighted by Crippen LogP contribution is -2.24. The lowest BCUT2D eigenvalue weighted by Gasteiger charge is -2.02. The zero-order chi connectivity index (χ0) is 11.1. The Morgan fingerprint density at radius 3 is 2.67 bits per heavy atom. The van der Waals surface area contributed by atoms with E-state index in [1.807, 2.05) is 24.3 Å². The third-order valence-electron chi connectivity index (χ3n) is 1.93. The molecule has 0 saturated heterocycles. The number of carbonyl (C=O) groups excluding carboxylic acids is 1. The van der Waals surface area contributed by atoms with E-state index in [2.05, 4.69) is 27.8 Å². The number of hydrogen-bond acceptors (Lipinski definition) is 2. The molecule has 0 heterocycles. The van der Waals surface area contributed by atoms with E-state index in [-0.39, 0.29) is 5.78 Å². The third kappa shape index (κ3) is 4.91. The van der Waals surface area contributed by atoms with Crippen LogP contribution in [0.1, 0.15) is 5.56 Å². The Hall–Kier alpha value is -0.930. The normalized spacial score (nSPS) is 9.93. The van der Waals surface area contributed by atoms with E-state index in [9.17, 15) is 4.79 Å². The van der Waals surface area contributed by atoms with Crippen LogP contribution in [0.15, 0.2) is 41.4 Å². The Balaban J connectivity index is 2.37. The van der Waals surface area contributed by atoms with Crippen LogP contribution in [0.25, 0.3) is 0 Å². The fourth-order valence-corrected chi connectivity index (χ4v) is 1.47. The summed E-state index contributed by atoms with van der Waals surface area (Å²) in [4.78, 5) is 11.5. The highest BCUT2D eigenvalue weighted by Crippen LogP contribution is 2.10. The average molecular weight is 268 g/mol. The summed E-state index contributed by atoms with van der Waals surface area (Å²) in [6.07, 6.45) is 2.23. The summed E-state index contributed by atoms with van der Waals surface area (Å²) in [5, 5.41) is 2.99. The van der Waals surface area contributed by atoms with Crippen LogP contribution in [-0.2, 0) is 11.2 Å². The summed E-state index contributed by atoms with van der Waals surface area (Å²) in [5.74, 6) is 0.194. The maximum Gasteiger partial charge on any atom is 0.150 e. The van der Waals surface area contributed by atoms with Gasteiger partial charge in [-0.15, -0.1) is 6.58 Å². The first kappa shape index (κ1) is 12.1. The summed E-state index contributed by atoms with van der Waals surface area (Å²) in [6.45, 7) is 4.65. The highest BCUT2D eigenvalue weighted by Gasteiger charge is 2.02. The quantitative estimate of drug-likeness (QED) is 0.633. The van der Waals surface area contributed by atoms with E-state index in [1.165, 1.54) is 0 Å². The molecule has 0 fully saturated rings. The standard InChI is InChI=1S/C12H14BrNO/c1-2-7-14-9-12(15)8-10-3-5-11(13)6-4-10/h2-6,14H,1,7-9H2. The molecule has 1 aromatic carbocycles. The first-order chi connectivity index (χ1) is 7.22. The molecule has 0 saturated carbocycles. The van der Waals surface area contributed by atoms with Crippen molar-refractivity contribution in [2.24, 2.45) is 0 Å². The number of ketones is 1. The molecule has 80 valence electrons. The Kier molecular flexibility index (Phi) is 5.29. The van der Waals surface area contributed by atoms with E-state index in [1.54, 1.807) is 6.08 Å². The van der Waals surface area contributed by atoms with Gasteiger partial charge in [-0.2, -0.15) is 0 Å². The van der Waals surface area contributed by atoms with E-state index in [0.29, 0.717) is 19.5 Å². The van der Waals surface area contributed by atoms with Gasteiger partial charge >= 0.3 is 0 Å². The molecule has 0 unspecified atom stereocenters. The van der Waals surface area contributed by atoms with Crippen molar-refractivity contribution in [2.45, 2.75) is 6.42 Å². The molecule has 0 aliphatic rings. The Labute approximate surface area is 98.5 Å². The molecule has 1 N–H and O–H groups in total. The highest BCUT2D eigenvalue weighted by molar-refractivity contribution is 9.10. The van der Waals surface area contributed by atoms with Crippen LogP contribution in [0.2, 0.25) is 0 Å². The molecular weight excluding hydrogens is 254 g/mol.